The predicted molar refractivity (Wildman–Crippen MR) is 54.3 cm³/mol. The zero-order chi connectivity index (χ0) is 9.97. The third kappa shape index (κ3) is 1.95. The minimum Gasteiger partial charge on any atom is -0.376 e. The van der Waals surface area contributed by atoms with Gasteiger partial charge in [0.05, 0.1) is 25.5 Å². The number of ether oxygens (including phenoxy) is 2. The maximum atomic E-state index is 5.59. The minimum atomic E-state index is 0.00718. The van der Waals surface area contributed by atoms with Crippen molar-refractivity contribution in [2.45, 2.75) is 19.6 Å². The van der Waals surface area contributed by atoms with Crippen molar-refractivity contribution in [3.05, 3.63) is 15.6 Å². The fourth-order valence-electron chi connectivity index (χ4n) is 1.41. The summed E-state index contributed by atoms with van der Waals surface area (Å²) < 4.78 is 10.9. The Balaban J connectivity index is 2.14. The molecule has 0 spiro atoms. The van der Waals surface area contributed by atoms with Crippen molar-refractivity contribution in [2.24, 2.45) is 5.73 Å². The van der Waals surface area contributed by atoms with Crippen molar-refractivity contribution in [3.63, 3.8) is 0 Å². The first-order valence-corrected chi connectivity index (χ1v) is 5.48. The molecule has 0 saturated carbocycles. The molecule has 1 atom stereocenters. The van der Waals surface area contributed by atoms with E-state index in [2.05, 4.69) is 4.98 Å². The van der Waals surface area contributed by atoms with Gasteiger partial charge < -0.3 is 15.2 Å². The van der Waals surface area contributed by atoms with Gasteiger partial charge in [-0.1, -0.05) is 0 Å². The van der Waals surface area contributed by atoms with Crippen molar-refractivity contribution in [2.75, 3.05) is 19.8 Å². The molecule has 0 aromatic carbocycles. The molecule has 2 rings (SSSR count). The van der Waals surface area contributed by atoms with Gasteiger partial charge >= 0.3 is 0 Å². The van der Waals surface area contributed by atoms with Crippen LogP contribution in [0.2, 0.25) is 0 Å². The zero-order valence-electron chi connectivity index (χ0n) is 8.16. The first-order chi connectivity index (χ1) is 6.81. The highest BCUT2D eigenvalue weighted by molar-refractivity contribution is 7.11. The average molecular weight is 214 g/mol. The van der Waals surface area contributed by atoms with Gasteiger partial charge in [-0.3, -0.25) is 0 Å². The highest BCUT2D eigenvalue weighted by Gasteiger charge is 2.20. The van der Waals surface area contributed by atoms with Crippen LogP contribution in [-0.4, -0.2) is 24.8 Å². The lowest BCUT2D eigenvalue weighted by Crippen LogP contribution is -2.21. The van der Waals surface area contributed by atoms with Crippen LogP contribution in [0.3, 0.4) is 0 Å². The van der Waals surface area contributed by atoms with Crippen LogP contribution in [-0.2, 0) is 16.0 Å². The topological polar surface area (TPSA) is 57.4 Å². The second kappa shape index (κ2) is 4.35. The van der Waals surface area contributed by atoms with E-state index in [0.717, 1.165) is 15.6 Å². The van der Waals surface area contributed by atoms with Crippen molar-refractivity contribution in [3.8, 4) is 0 Å². The number of hydrogen-bond acceptors (Lipinski definition) is 5. The Bertz CT molecular complexity index is 308. The highest BCUT2D eigenvalue weighted by Crippen LogP contribution is 2.27. The van der Waals surface area contributed by atoms with Gasteiger partial charge in [0.15, 0.2) is 0 Å². The lowest BCUT2D eigenvalue weighted by molar-refractivity contribution is -0.0902. The SMILES string of the molecule is Cc1nc(C2COCCO2)sc1CN. The van der Waals surface area contributed by atoms with E-state index in [9.17, 15) is 0 Å². The molecule has 0 amide bonds. The summed E-state index contributed by atoms with van der Waals surface area (Å²) in [6, 6.07) is 0. The largest absolute Gasteiger partial charge is 0.376 e. The van der Waals surface area contributed by atoms with Crippen LogP contribution in [0.1, 0.15) is 21.7 Å². The van der Waals surface area contributed by atoms with Gasteiger partial charge in [-0.2, -0.15) is 0 Å². The molecule has 1 saturated heterocycles. The van der Waals surface area contributed by atoms with Gasteiger partial charge in [-0.15, -0.1) is 11.3 Å². The van der Waals surface area contributed by atoms with E-state index in [0.29, 0.717) is 26.4 Å². The van der Waals surface area contributed by atoms with Crippen LogP contribution in [0.5, 0.6) is 0 Å². The Labute approximate surface area is 87.0 Å². The quantitative estimate of drug-likeness (QED) is 0.798. The summed E-state index contributed by atoms with van der Waals surface area (Å²) in [6.45, 7) is 4.48. The summed E-state index contributed by atoms with van der Waals surface area (Å²) in [4.78, 5) is 5.57. The summed E-state index contributed by atoms with van der Waals surface area (Å²) in [7, 11) is 0. The third-order valence-corrected chi connectivity index (χ3v) is 3.46. The Morgan fingerprint density at radius 2 is 2.43 bits per heavy atom. The molecular weight excluding hydrogens is 200 g/mol. The molecule has 2 N–H and O–H groups in total. The summed E-state index contributed by atoms with van der Waals surface area (Å²) in [5, 5.41) is 0.989. The fourth-order valence-corrected chi connectivity index (χ4v) is 2.39. The summed E-state index contributed by atoms with van der Waals surface area (Å²) in [5.74, 6) is 0. The zero-order valence-corrected chi connectivity index (χ0v) is 8.97. The minimum absolute atomic E-state index is 0.00718. The number of nitrogens with two attached hydrogens (primary N) is 1. The van der Waals surface area contributed by atoms with Gasteiger partial charge in [0, 0.05) is 11.4 Å². The van der Waals surface area contributed by atoms with Gasteiger partial charge in [-0.05, 0) is 6.92 Å². The molecule has 0 radical (unpaired) electrons. The van der Waals surface area contributed by atoms with E-state index < -0.39 is 0 Å². The van der Waals surface area contributed by atoms with E-state index in [1.165, 1.54) is 0 Å². The van der Waals surface area contributed by atoms with Crippen molar-refractivity contribution >= 4 is 11.3 Å². The van der Waals surface area contributed by atoms with E-state index in [1.54, 1.807) is 11.3 Å². The number of nitrogens with zero attached hydrogens (tertiary/aromatic N) is 1. The highest BCUT2D eigenvalue weighted by atomic mass is 32.1. The van der Waals surface area contributed by atoms with Crippen LogP contribution in [0, 0.1) is 6.92 Å². The Morgan fingerprint density at radius 1 is 1.57 bits per heavy atom. The maximum absolute atomic E-state index is 5.59. The van der Waals surface area contributed by atoms with Gasteiger partial charge in [0.2, 0.25) is 0 Å². The van der Waals surface area contributed by atoms with Crippen molar-refractivity contribution < 1.29 is 9.47 Å². The van der Waals surface area contributed by atoms with Crippen LogP contribution < -0.4 is 5.73 Å². The molecule has 1 aromatic heterocycles. The number of thiazole rings is 1. The van der Waals surface area contributed by atoms with Gasteiger partial charge in [-0.25, -0.2) is 4.98 Å². The van der Waals surface area contributed by atoms with Crippen LogP contribution >= 0.6 is 11.3 Å². The molecule has 1 aliphatic rings. The number of aromatic nitrogens is 1. The monoisotopic (exact) mass is 214 g/mol. The predicted octanol–water partition coefficient (Wildman–Crippen LogP) is 0.998. The first-order valence-electron chi connectivity index (χ1n) is 4.67. The van der Waals surface area contributed by atoms with E-state index in [1.807, 2.05) is 6.92 Å². The second-order valence-electron chi connectivity index (χ2n) is 3.20. The Morgan fingerprint density at radius 3 is 3.00 bits per heavy atom. The van der Waals surface area contributed by atoms with Crippen LogP contribution in [0.15, 0.2) is 0 Å². The number of hydrogen-bond donors (Lipinski definition) is 1. The van der Waals surface area contributed by atoms with E-state index in [-0.39, 0.29) is 6.10 Å². The van der Waals surface area contributed by atoms with Crippen LogP contribution in [0.4, 0.5) is 0 Å². The molecule has 5 heteroatoms. The average Bonchev–Trinajstić information content (AvgIpc) is 2.61. The molecule has 1 aromatic rings. The molecule has 1 unspecified atom stereocenters. The smallest absolute Gasteiger partial charge is 0.132 e. The van der Waals surface area contributed by atoms with E-state index >= 15 is 0 Å². The number of aryl methyl sites for hydroxylation is 1. The molecular formula is C9H14N2O2S. The second-order valence-corrected chi connectivity index (χ2v) is 4.31. The molecule has 1 aliphatic heterocycles. The molecule has 4 nitrogen and oxygen atoms in total. The van der Waals surface area contributed by atoms with Gasteiger partial charge in [0.25, 0.3) is 0 Å². The Kier molecular flexibility index (Phi) is 3.12. The Hall–Kier alpha value is -0.490. The van der Waals surface area contributed by atoms with E-state index in [4.69, 9.17) is 15.2 Å². The lowest BCUT2D eigenvalue weighted by atomic mass is 10.3. The van der Waals surface area contributed by atoms with Gasteiger partial charge in [0.1, 0.15) is 11.1 Å². The fraction of sp³-hybridized carbons (Fsp3) is 0.667. The third-order valence-electron chi connectivity index (χ3n) is 2.19. The summed E-state index contributed by atoms with van der Waals surface area (Å²) in [6.07, 6.45) is 0.00718. The lowest BCUT2D eigenvalue weighted by Gasteiger charge is -2.20. The molecule has 14 heavy (non-hydrogen) atoms. The standard InChI is InChI=1S/C9H14N2O2S/c1-6-8(4-10)14-9(11-6)7-5-12-2-3-13-7/h7H,2-5,10H2,1H3. The van der Waals surface area contributed by atoms with Crippen molar-refractivity contribution in [1.82, 2.24) is 4.98 Å². The number of rotatable bonds is 2. The normalized spacial score (nSPS) is 22.6. The summed E-state index contributed by atoms with van der Waals surface area (Å²) in [5.41, 5.74) is 6.61. The molecule has 1 fully saturated rings. The summed E-state index contributed by atoms with van der Waals surface area (Å²) >= 11 is 1.62. The molecule has 2 heterocycles. The molecule has 78 valence electrons. The maximum Gasteiger partial charge on any atom is 0.132 e. The molecule has 0 bridgehead atoms. The molecule has 0 aliphatic carbocycles. The first kappa shape index (κ1) is 10.0. The van der Waals surface area contributed by atoms with Crippen molar-refractivity contribution in [1.29, 1.82) is 0 Å². The van der Waals surface area contributed by atoms with Crippen LogP contribution in [0.25, 0.3) is 0 Å².